The number of aliphatic hydroxyl groups is 1. The van der Waals surface area contributed by atoms with Crippen LogP contribution in [0.25, 0.3) is 0 Å². The highest BCUT2D eigenvalue weighted by molar-refractivity contribution is 9.10. The monoisotopic (exact) mass is 258 g/mol. The molecule has 4 nitrogen and oxygen atoms in total. The van der Waals surface area contributed by atoms with Crippen molar-refractivity contribution in [1.82, 2.24) is 4.98 Å². The molecule has 0 aliphatic carbocycles. The molecule has 2 N–H and O–H groups in total. The predicted octanol–water partition coefficient (Wildman–Crippen LogP) is 1.56. The number of aromatic nitrogens is 1. The van der Waals surface area contributed by atoms with E-state index in [1.807, 2.05) is 0 Å². The summed E-state index contributed by atoms with van der Waals surface area (Å²) in [5, 5.41) is 11.2. The number of nitrogens with one attached hydrogen (secondary N) is 1. The number of anilines is 1. The smallest absolute Gasteiger partial charge is 0.224 e. The van der Waals surface area contributed by atoms with Gasteiger partial charge >= 0.3 is 0 Å². The van der Waals surface area contributed by atoms with Crippen molar-refractivity contribution in [1.29, 1.82) is 0 Å². The van der Waals surface area contributed by atoms with Gasteiger partial charge in [0.25, 0.3) is 0 Å². The van der Waals surface area contributed by atoms with E-state index in [4.69, 9.17) is 5.11 Å². The molecule has 1 rings (SSSR count). The van der Waals surface area contributed by atoms with Gasteiger partial charge in [0.2, 0.25) is 5.91 Å². The second kappa shape index (κ2) is 5.72. The second-order valence-electron chi connectivity index (χ2n) is 2.74. The van der Waals surface area contributed by atoms with E-state index >= 15 is 0 Å². The fourth-order valence-corrected chi connectivity index (χ4v) is 1.15. The summed E-state index contributed by atoms with van der Waals surface area (Å²) in [5.41, 5.74) is 0.663. The maximum absolute atomic E-state index is 11.2. The number of carbonyl (C=O) groups is 1. The van der Waals surface area contributed by atoms with Crippen molar-refractivity contribution >= 4 is 27.5 Å². The lowest BCUT2D eigenvalue weighted by atomic mass is 10.3. The molecule has 5 heteroatoms. The molecule has 0 spiro atoms. The molecule has 1 amide bonds. The molecule has 76 valence electrons. The summed E-state index contributed by atoms with van der Waals surface area (Å²) in [6, 6.07) is 3.51. The molecule has 1 aromatic heterocycles. The van der Waals surface area contributed by atoms with Crippen LogP contribution in [0.3, 0.4) is 0 Å². The van der Waals surface area contributed by atoms with Crippen LogP contribution in [0.5, 0.6) is 0 Å². The van der Waals surface area contributed by atoms with E-state index in [2.05, 4.69) is 26.2 Å². The summed E-state index contributed by atoms with van der Waals surface area (Å²) < 4.78 is 0.728. The molecule has 0 saturated heterocycles. The molecule has 0 bridgehead atoms. The molecular weight excluding hydrogens is 248 g/mol. The first-order valence-electron chi connectivity index (χ1n) is 4.24. The largest absolute Gasteiger partial charge is 0.396 e. The Hall–Kier alpha value is -0.940. The topological polar surface area (TPSA) is 62.2 Å². The van der Waals surface area contributed by atoms with Gasteiger partial charge in [-0.05, 0) is 34.5 Å². The van der Waals surface area contributed by atoms with E-state index in [0.29, 0.717) is 18.5 Å². The van der Waals surface area contributed by atoms with Crippen molar-refractivity contribution in [3.63, 3.8) is 0 Å². The van der Waals surface area contributed by atoms with Crippen LogP contribution in [-0.2, 0) is 4.79 Å². The predicted molar refractivity (Wildman–Crippen MR) is 56.9 cm³/mol. The van der Waals surface area contributed by atoms with Gasteiger partial charge in [-0.3, -0.25) is 4.79 Å². The van der Waals surface area contributed by atoms with Crippen LogP contribution in [0.2, 0.25) is 0 Å². The first kappa shape index (κ1) is 11.1. The molecular formula is C9H11BrN2O2. The van der Waals surface area contributed by atoms with Crippen LogP contribution < -0.4 is 5.32 Å². The number of pyridine rings is 1. The number of halogens is 1. The minimum Gasteiger partial charge on any atom is -0.396 e. The van der Waals surface area contributed by atoms with Gasteiger partial charge in [-0.2, -0.15) is 0 Å². The van der Waals surface area contributed by atoms with Gasteiger partial charge in [-0.1, -0.05) is 0 Å². The average Bonchev–Trinajstić information content (AvgIpc) is 2.18. The fraction of sp³-hybridized carbons (Fsp3) is 0.333. The lowest BCUT2D eigenvalue weighted by Gasteiger charge is -2.03. The third-order valence-electron chi connectivity index (χ3n) is 1.57. The zero-order chi connectivity index (χ0) is 10.4. The number of nitrogens with zero attached hydrogens (tertiary/aromatic N) is 1. The third kappa shape index (κ3) is 3.85. The Bertz CT molecular complexity index is 300. The maximum Gasteiger partial charge on any atom is 0.224 e. The summed E-state index contributed by atoms with van der Waals surface area (Å²) in [4.78, 5) is 15.2. The van der Waals surface area contributed by atoms with Gasteiger partial charge in [0.15, 0.2) is 0 Å². The number of aliphatic hydroxyl groups excluding tert-OH is 1. The Morgan fingerprint density at radius 1 is 1.57 bits per heavy atom. The molecule has 0 aliphatic heterocycles. The van der Waals surface area contributed by atoms with Crippen LogP contribution in [0, 0.1) is 0 Å². The molecule has 1 heterocycles. The summed E-state index contributed by atoms with van der Waals surface area (Å²) in [5.74, 6) is -0.108. The van der Waals surface area contributed by atoms with Crippen molar-refractivity contribution in [3.8, 4) is 0 Å². The van der Waals surface area contributed by atoms with E-state index in [0.717, 1.165) is 4.60 Å². The van der Waals surface area contributed by atoms with Crippen LogP contribution in [-0.4, -0.2) is 22.6 Å². The van der Waals surface area contributed by atoms with E-state index < -0.39 is 0 Å². The lowest BCUT2D eigenvalue weighted by molar-refractivity contribution is -0.116. The quantitative estimate of drug-likeness (QED) is 0.806. The average molecular weight is 259 g/mol. The zero-order valence-electron chi connectivity index (χ0n) is 7.53. The zero-order valence-corrected chi connectivity index (χ0v) is 9.12. The Labute approximate surface area is 90.5 Å². The van der Waals surface area contributed by atoms with E-state index in [-0.39, 0.29) is 12.5 Å². The number of carbonyl (C=O) groups excluding carboxylic acids is 1. The highest BCUT2D eigenvalue weighted by atomic mass is 79.9. The van der Waals surface area contributed by atoms with Crippen LogP contribution in [0.4, 0.5) is 5.69 Å². The SMILES string of the molecule is O=C(CCCO)Nc1ccc(Br)nc1. The Kier molecular flexibility index (Phi) is 4.55. The summed E-state index contributed by atoms with van der Waals surface area (Å²) >= 11 is 3.20. The van der Waals surface area contributed by atoms with Crippen molar-refractivity contribution in [2.24, 2.45) is 0 Å². The van der Waals surface area contributed by atoms with Gasteiger partial charge in [-0.15, -0.1) is 0 Å². The molecule has 1 aromatic rings. The minimum absolute atomic E-state index is 0.0337. The normalized spacial score (nSPS) is 9.86. The highest BCUT2D eigenvalue weighted by Crippen LogP contribution is 2.10. The molecule has 0 aromatic carbocycles. The fourth-order valence-electron chi connectivity index (χ4n) is 0.913. The second-order valence-corrected chi connectivity index (χ2v) is 3.56. The molecule has 0 unspecified atom stereocenters. The standard InChI is InChI=1S/C9H11BrN2O2/c10-8-4-3-7(6-11-8)12-9(14)2-1-5-13/h3-4,6,13H,1-2,5H2,(H,12,14). The molecule has 0 fully saturated rings. The first-order chi connectivity index (χ1) is 6.72. The first-order valence-corrected chi connectivity index (χ1v) is 5.04. The molecule has 0 saturated carbocycles. The summed E-state index contributed by atoms with van der Waals surface area (Å²) in [7, 11) is 0. The number of rotatable bonds is 4. The number of hydrogen-bond acceptors (Lipinski definition) is 3. The molecule has 0 aliphatic rings. The number of amides is 1. The van der Waals surface area contributed by atoms with Crippen LogP contribution in [0.1, 0.15) is 12.8 Å². The lowest BCUT2D eigenvalue weighted by Crippen LogP contribution is -2.11. The van der Waals surface area contributed by atoms with Crippen molar-refractivity contribution < 1.29 is 9.90 Å². The Balaban J connectivity index is 2.44. The van der Waals surface area contributed by atoms with Gasteiger partial charge in [0.1, 0.15) is 4.60 Å². The highest BCUT2D eigenvalue weighted by Gasteiger charge is 2.01. The van der Waals surface area contributed by atoms with Crippen molar-refractivity contribution in [3.05, 3.63) is 22.9 Å². The maximum atomic E-state index is 11.2. The van der Waals surface area contributed by atoms with Crippen molar-refractivity contribution in [2.75, 3.05) is 11.9 Å². The third-order valence-corrected chi connectivity index (χ3v) is 2.04. The van der Waals surface area contributed by atoms with Crippen molar-refractivity contribution in [2.45, 2.75) is 12.8 Å². The van der Waals surface area contributed by atoms with Crippen LogP contribution >= 0.6 is 15.9 Å². The molecule has 0 radical (unpaired) electrons. The molecule has 0 atom stereocenters. The summed E-state index contributed by atoms with van der Waals surface area (Å²) in [6.45, 7) is 0.0337. The van der Waals surface area contributed by atoms with Gasteiger partial charge in [0.05, 0.1) is 11.9 Å². The van der Waals surface area contributed by atoms with E-state index in [9.17, 15) is 4.79 Å². The Morgan fingerprint density at radius 2 is 2.36 bits per heavy atom. The summed E-state index contributed by atoms with van der Waals surface area (Å²) in [6.07, 6.45) is 2.38. The van der Waals surface area contributed by atoms with E-state index in [1.165, 1.54) is 0 Å². The van der Waals surface area contributed by atoms with Gasteiger partial charge < -0.3 is 10.4 Å². The minimum atomic E-state index is -0.108. The number of hydrogen-bond donors (Lipinski definition) is 2. The van der Waals surface area contributed by atoms with Gasteiger partial charge in [0, 0.05) is 13.0 Å². The van der Waals surface area contributed by atoms with E-state index in [1.54, 1.807) is 18.3 Å². The molecule has 14 heavy (non-hydrogen) atoms. The van der Waals surface area contributed by atoms with Crippen LogP contribution in [0.15, 0.2) is 22.9 Å². The van der Waals surface area contributed by atoms with Gasteiger partial charge in [-0.25, -0.2) is 4.98 Å². The Morgan fingerprint density at radius 3 is 2.93 bits per heavy atom.